The lowest BCUT2D eigenvalue weighted by atomic mass is 10.2. The molecule has 0 atom stereocenters. The van der Waals surface area contributed by atoms with Crippen LogP contribution < -0.4 is 21.3 Å². The molecular weight excluding hydrogens is 244 g/mol. The summed E-state index contributed by atoms with van der Waals surface area (Å²) in [5.74, 6) is 6.80. The van der Waals surface area contributed by atoms with Crippen LogP contribution >= 0.6 is 0 Å². The van der Waals surface area contributed by atoms with Crippen molar-refractivity contribution in [2.45, 2.75) is 13.0 Å². The Balaban J connectivity index is 2.51. The van der Waals surface area contributed by atoms with E-state index < -0.39 is 0 Å². The van der Waals surface area contributed by atoms with Gasteiger partial charge in [0.1, 0.15) is 5.75 Å². The van der Waals surface area contributed by atoms with Crippen LogP contribution in [0.4, 0.5) is 0 Å². The maximum absolute atomic E-state index is 5.42. The highest BCUT2D eigenvalue weighted by atomic mass is 16.5. The largest absolute Gasteiger partial charge is 0.496 e. The molecule has 0 aliphatic heterocycles. The minimum absolute atomic E-state index is 0.501. The lowest BCUT2D eigenvalue weighted by Gasteiger charge is -2.10. The van der Waals surface area contributed by atoms with Crippen LogP contribution in [0.2, 0.25) is 0 Å². The zero-order chi connectivity index (χ0) is 13.9. The van der Waals surface area contributed by atoms with Gasteiger partial charge in [0.2, 0.25) is 5.96 Å². The van der Waals surface area contributed by atoms with Gasteiger partial charge < -0.3 is 14.8 Å². The molecule has 19 heavy (non-hydrogen) atoms. The van der Waals surface area contributed by atoms with E-state index in [0.29, 0.717) is 19.1 Å². The van der Waals surface area contributed by atoms with Crippen LogP contribution in [0.3, 0.4) is 0 Å². The predicted molar refractivity (Wildman–Crippen MR) is 76.0 cm³/mol. The first-order valence-electron chi connectivity index (χ1n) is 6.17. The Morgan fingerprint density at radius 3 is 2.79 bits per heavy atom. The molecule has 0 saturated carbocycles. The van der Waals surface area contributed by atoms with Gasteiger partial charge in [0.25, 0.3) is 0 Å². The van der Waals surface area contributed by atoms with Crippen LogP contribution in [0.15, 0.2) is 29.3 Å². The third-order valence-corrected chi connectivity index (χ3v) is 2.55. The average Bonchev–Trinajstić information content (AvgIpc) is 2.47. The summed E-state index contributed by atoms with van der Waals surface area (Å²) in [5.41, 5.74) is 3.55. The van der Waals surface area contributed by atoms with Crippen molar-refractivity contribution < 1.29 is 9.47 Å². The van der Waals surface area contributed by atoms with Crippen molar-refractivity contribution in [3.63, 3.8) is 0 Å². The standard InChI is InChI=1S/C13H22N4O2/c1-18-9-5-8-15-13(17-14)16-10-11-6-3-4-7-12(11)19-2/h3-4,6-7H,5,8-10,14H2,1-2H3,(H2,15,16,17). The molecule has 6 heteroatoms. The van der Waals surface area contributed by atoms with Crippen LogP contribution in [0.5, 0.6) is 5.75 Å². The van der Waals surface area contributed by atoms with Crippen LogP contribution in [0.1, 0.15) is 12.0 Å². The highest BCUT2D eigenvalue weighted by Crippen LogP contribution is 2.17. The van der Waals surface area contributed by atoms with E-state index in [-0.39, 0.29) is 0 Å². The first-order chi connectivity index (χ1) is 9.31. The molecule has 0 saturated heterocycles. The number of guanidine groups is 1. The molecule has 6 nitrogen and oxygen atoms in total. The molecule has 1 aromatic carbocycles. The molecule has 0 spiro atoms. The fourth-order valence-electron chi connectivity index (χ4n) is 1.57. The number of ether oxygens (including phenoxy) is 2. The number of nitrogens with zero attached hydrogens (tertiary/aromatic N) is 1. The number of methoxy groups -OCH3 is 2. The third kappa shape index (κ3) is 5.58. The van der Waals surface area contributed by atoms with Gasteiger partial charge in [0, 0.05) is 25.8 Å². The van der Waals surface area contributed by atoms with Crippen LogP contribution in [0, 0.1) is 0 Å². The summed E-state index contributed by atoms with van der Waals surface area (Å²) >= 11 is 0. The lowest BCUT2D eigenvalue weighted by Crippen LogP contribution is -2.42. The Bertz CT molecular complexity index is 396. The van der Waals surface area contributed by atoms with E-state index in [0.717, 1.165) is 24.3 Å². The van der Waals surface area contributed by atoms with Crippen LogP contribution in [-0.2, 0) is 11.3 Å². The molecule has 0 fully saturated rings. The van der Waals surface area contributed by atoms with E-state index in [1.807, 2.05) is 24.3 Å². The van der Waals surface area contributed by atoms with E-state index >= 15 is 0 Å². The quantitative estimate of drug-likeness (QED) is 0.222. The van der Waals surface area contributed by atoms with E-state index in [4.69, 9.17) is 15.3 Å². The summed E-state index contributed by atoms with van der Waals surface area (Å²) < 4.78 is 10.2. The Hall–Kier alpha value is -1.79. The molecule has 106 valence electrons. The molecule has 1 aromatic rings. The van der Waals surface area contributed by atoms with Gasteiger partial charge in [-0.1, -0.05) is 18.2 Å². The van der Waals surface area contributed by atoms with Crippen LogP contribution in [0.25, 0.3) is 0 Å². The first kappa shape index (κ1) is 15.3. The molecule has 0 aliphatic carbocycles. The minimum Gasteiger partial charge on any atom is -0.496 e. The Morgan fingerprint density at radius 2 is 2.11 bits per heavy atom. The molecule has 1 rings (SSSR count). The zero-order valence-corrected chi connectivity index (χ0v) is 11.5. The number of hydrazine groups is 1. The van der Waals surface area contributed by atoms with Crippen molar-refractivity contribution in [1.82, 2.24) is 10.7 Å². The molecule has 0 bridgehead atoms. The topological polar surface area (TPSA) is 80.9 Å². The second kappa shape index (κ2) is 9.18. The number of benzene rings is 1. The minimum atomic E-state index is 0.501. The highest BCUT2D eigenvalue weighted by Gasteiger charge is 2.01. The number of aliphatic imine (C=N–C) groups is 1. The van der Waals surface area contributed by atoms with Crippen molar-refractivity contribution in [3.8, 4) is 5.75 Å². The van der Waals surface area contributed by atoms with Crippen molar-refractivity contribution >= 4 is 5.96 Å². The predicted octanol–water partition coefficient (Wildman–Crippen LogP) is 0.641. The molecular formula is C13H22N4O2. The summed E-state index contributed by atoms with van der Waals surface area (Å²) in [7, 11) is 3.32. The Morgan fingerprint density at radius 1 is 1.32 bits per heavy atom. The second-order valence-electron chi connectivity index (χ2n) is 3.89. The number of rotatable bonds is 7. The van der Waals surface area contributed by atoms with Gasteiger partial charge in [-0.2, -0.15) is 0 Å². The molecule has 0 amide bonds. The molecule has 0 radical (unpaired) electrons. The van der Waals surface area contributed by atoms with Gasteiger partial charge in [-0.15, -0.1) is 0 Å². The molecule has 0 aliphatic rings. The van der Waals surface area contributed by atoms with Gasteiger partial charge in [0.05, 0.1) is 13.7 Å². The van der Waals surface area contributed by atoms with Crippen molar-refractivity contribution in [1.29, 1.82) is 0 Å². The summed E-state index contributed by atoms with van der Waals surface area (Å²) in [4.78, 5) is 4.37. The number of nitrogens with two attached hydrogens (primary N) is 1. The van der Waals surface area contributed by atoms with Crippen molar-refractivity contribution in [2.24, 2.45) is 10.8 Å². The van der Waals surface area contributed by atoms with Gasteiger partial charge >= 0.3 is 0 Å². The smallest absolute Gasteiger partial charge is 0.206 e. The number of hydrogen-bond acceptors (Lipinski definition) is 4. The van der Waals surface area contributed by atoms with E-state index in [1.54, 1.807) is 14.2 Å². The van der Waals surface area contributed by atoms with E-state index in [1.165, 1.54) is 0 Å². The van der Waals surface area contributed by atoms with Crippen LogP contribution in [-0.4, -0.2) is 33.3 Å². The third-order valence-electron chi connectivity index (χ3n) is 2.55. The number of para-hydroxylation sites is 1. The molecule has 0 heterocycles. The zero-order valence-electron chi connectivity index (χ0n) is 11.5. The SMILES string of the molecule is COCCCNC(=NCc1ccccc1OC)NN. The Labute approximate surface area is 114 Å². The van der Waals surface area contributed by atoms with Gasteiger partial charge in [-0.05, 0) is 12.5 Å². The fraction of sp³-hybridized carbons (Fsp3) is 0.462. The molecule has 4 N–H and O–H groups in total. The summed E-state index contributed by atoms with van der Waals surface area (Å²) in [5, 5.41) is 3.11. The summed E-state index contributed by atoms with van der Waals surface area (Å²) in [6.45, 7) is 1.96. The second-order valence-corrected chi connectivity index (χ2v) is 3.89. The maximum Gasteiger partial charge on any atom is 0.206 e. The van der Waals surface area contributed by atoms with Gasteiger partial charge in [-0.25, -0.2) is 10.8 Å². The maximum atomic E-state index is 5.42. The Kier molecular flexibility index (Phi) is 7.38. The van der Waals surface area contributed by atoms with Crippen molar-refractivity contribution in [2.75, 3.05) is 27.4 Å². The monoisotopic (exact) mass is 266 g/mol. The first-order valence-corrected chi connectivity index (χ1v) is 6.17. The van der Waals surface area contributed by atoms with Crippen molar-refractivity contribution in [3.05, 3.63) is 29.8 Å². The number of nitrogens with one attached hydrogen (secondary N) is 2. The normalized spacial score (nSPS) is 11.2. The summed E-state index contributed by atoms with van der Waals surface area (Å²) in [6.07, 6.45) is 0.895. The lowest BCUT2D eigenvalue weighted by molar-refractivity contribution is 0.195. The van der Waals surface area contributed by atoms with E-state index in [9.17, 15) is 0 Å². The van der Waals surface area contributed by atoms with E-state index in [2.05, 4.69) is 15.7 Å². The number of hydrogen-bond donors (Lipinski definition) is 3. The highest BCUT2D eigenvalue weighted by molar-refractivity contribution is 5.79. The average molecular weight is 266 g/mol. The fourth-order valence-corrected chi connectivity index (χ4v) is 1.57. The molecule has 0 aromatic heterocycles. The van der Waals surface area contributed by atoms with Gasteiger partial charge in [0.15, 0.2) is 0 Å². The molecule has 0 unspecified atom stereocenters. The summed E-state index contributed by atoms with van der Waals surface area (Å²) in [6, 6.07) is 7.76. The van der Waals surface area contributed by atoms with Gasteiger partial charge in [-0.3, -0.25) is 5.43 Å².